The number of hydrogen-bond acceptors (Lipinski definition) is 3. The number of hydrogen-bond donors (Lipinski definition) is 1. The van der Waals surface area contributed by atoms with Crippen molar-refractivity contribution in [1.82, 2.24) is 9.80 Å². The summed E-state index contributed by atoms with van der Waals surface area (Å²) in [5, 5.41) is 0. The molecule has 2 saturated carbocycles. The van der Waals surface area contributed by atoms with Crippen LogP contribution in [-0.4, -0.2) is 54.1 Å². The van der Waals surface area contributed by atoms with Crippen molar-refractivity contribution in [2.45, 2.75) is 64.0 Å². The quantitative estimate of drug-likeness (QED) is 0.848. The molecule has 19 heavy (non-hydrogen) atoms. The zero-order valence-electron chi connectivity index (χ0n) is 12.8. The molecule has 0 radical (unpaired) electrons. The second kappa shape index (κ2) is 5.01. The van der Waals surface area contributed by atoms with Gasteiger partial charge in [0.15, 0.2) is 0 Å². The first-order valence-electron chi connectivity index (χ1n) is 8.28. The van der Waals surface area contributed by atoms with Gasteiger partial charge in [-0.3, -0.25) is 9.80 Å². The average Bonchev–Trinajstić information content (AvgIpc) is 3.23. The molecule has 1 heterocycles. The van der Waals surface area contributed by atoms with Gasteiger partial charge >= 0.3 is 0 Å². The third kappa shape index (κ3) is 2.34. The van der Waals surface area contributed by atoms with E-state index < -0.39 is 0 Å². The van der Waals surface area contributed by atoms with Gasteiger partial charge in [-0.1, -0.05) is 26.7 Å². The maximum Gasteiger partial charge on any atom is 0.0383 e. The molecule has 1 unspecified atom stereocenters. The molecular formula is C16H31N3. The molecule has 0 aromatic heterocycles. The molecule has 3 heteroatoms. The lowest BCUT2D eigenvalue weighted by Crippen LogP contribution is -2.67. The highest BCUT2D eigenvalue weighted by Crippen LogP contribution is 2.47. The smallest absolute Gasteiger partial charge is 0.0383 e. The van der Waals surface area contributed by atoms with Crippen LogP contribution in [0.4, 0.5) is 0 Å². The monoisotopic (exact) mass is 265 g/mol. The SMILES string of the molecule is CC1(C)CCCCC1(CN)N1CCN(C2CC2)CC1. The van der Waals surface area contributed by atoms with Gasteiger partial charge in [0.25, 0.3) is 0 Å². The fourth-order valence-electron chi connectivity index (χ4n) is 4.60. The highest BCUT2D eigenvalue weighted by Gasteiger charge is 2.50. The zero-order valence-corrected chi connectivity index (χ0v) is 12.8. The minimum absolute atomic E-state index is 0.265. The molecule has 0 aromatic carbocycles. The van der Waals surface area contributed by atoms with Crippen LogP contribution < -0.4 is 5.73 Å². The second-order valence-corrected chi connectivity index (χ2v) is 7.58. The molecular weight excluding hydrogens is 234 g/mol. The van der Waals surface area contributed by atoms with Crippen LogP contribution >= 0.6 is 0 Å². The van der Waals surface area contributed by atoms with Crippen molar-refractivity contribution in [2.75, 3.05) is 32.7 Å². The summed E-state index contributed by atoms with van der Waals surface area (Å²) in [7, 11) is 0. The zero-order chi connectivity index (χ0) is 13.5. The Balaban J connectivity index is 1.71. The minimum atomic E-state index is 0.265. The number of nitrogens with zero attached hydrogens (tertiary/aromatic N) is 2. The summed E-state index contributed by atoms with van der Waals surface area (Å²) < 4.78 is 0. The van der Waals surface area contributed by atoms with Gasteiger partial charge in [0.2, 0.25) is 0 Å². The van der Waals surface area contributed by atoms with E-state index in [0.29, 0.717) is 5.41 Å². The standard InChI is InChI=1S/C16H31N3/c1-15(2)7-3-4-8-16(15,13-17)19-11-9-18(10-12-19)14-5-6-14/h14H,3-13,17H2,1-2H3. The summed E-state index contributed by atoms with van der Waals surface area (Å²) in [5.74, 6) is 0. The van der Waals surface area contributed by atoms with E-state index in [4.69, 9.17) is 5.73 Å². The fraction of sp³-hybridized carbons (Fsp3) is 1.00. The average molecular weight is 265 g/mol. The maximum absolute atomic E-state index is 6.30. The normalized spacial score (nSPS) is 37.4. The second-order valence-electron chi connectivity index (χ2n) is 7.58. The van der Waals surface area contributed by atoms with E-state index in [-0.39, 0.29) is 5.54 Å². The van der Waals surface area contributed by atoms with E-state index in [2.05, 4.69) is 23.6 Å². The van der Waals surface area contributed by atoms with Crippen molar-refractivity contribution in [3.05, 3.63) is 0 Å². The number of rotatable bonds is 3. The van der Waals surface area contributed by atoms with Crippen LogP contribution in [0.1, 0.15) is 52.4 Å². The number of piperazine rings is 1. The molecule has 2 aliphatic carbocycles. The third-order valence-electron chi connectivity index (χ3n) is 6.22. The van der Waals surface area contributed by atoms with Crippen molar-refractivity contribution in [1.29, 1.82) is 0 Å². The summed E-state index contributed by atoms with van der Waals surface area (Å²) in [4.78, 5) is 5.46. The van der Waals surface area contributed by atoms with E-state index in [9.17, 15) is 0 Å². The molecule has 1 saturated heterocycles. The van der Waals surface area contributed by atoms with Crippen LogP contribution in [0.3, 0.4) is 0 Å². The maximum atomic E-state index is 6.30. The Hall–Kier alpha value is -0.120. The van der Waals surface area contributed by atoms with E-state index in [1.165, 1.54) is 64.7 Å². The van der Waals surface area contributed by atoms with Crippen LogP contribution in [-0.2, 0) is 0 Å². The van der Waals surface area contributed by atoms with Gasteiger partial charge in [0.05, 0.1) is 0 Å². The Morgan fingerprint density at radius 1 is 1.00 bits per heavy atom. The molecule has 3 nitrogen and oxygen atoms in total. The van der Waals surface area contributed by atoms with Crippen LogP contribution in [0.15, 0.2) is 0 Å². The Kier molecular flexibility index (Phi) is 3.65. The number of nitrogens with two attached hydrogens (primary N) is 1. The lowest BCUT2D eigenvalue weighted by Gasteiger charge is -2.58. The molecule has 1 atom stereocenters. The first-order valence-corrected chi connectivity index (χ1v) is 8.28. The minimum Gasteiger partial charge on any atom is -0.329 e. The molecule has 0 amide bonds. The summed E-state index contributed by atoms with van der Waals surface area (Å²) in [5.41, 5.74) is 6.94. The molecule has 3 rings (SSSR count). The Morgan fingerprint density at radius 3 is 2.16 bits per heavy atom. The molecule has 3 aliphatic rings. The topological polar surface area (TPSA) is 32.5 Å². The molecule has 110 valence electrons. The fourth-order valence-corrected chi connectivity index (χ4v) is 4.60. The van der Waals surface area contributed by atoms with Crippen molar-refractivity contribution < 1.29 is 0 Å². The van der Waals surface area contributed by atoms with Crippen molar-refractivity contribution in [2.24, 2.45) is 11.1 Å². The summed E-state index contributed by atoms with van der Waals surface area (Å²) in [6.07, 6.45) is 8.27. The lowest BCUT2D eigenvalue weighted by molar-refractivity contribution is -0.0657. The van der Waals surface area contributed by atoms with Crippen LogP contribution in [0.25, 0.3) is 0 Å². The Bertz CT molecular complexity index is 316. The summed E-state index contributed by atoms with van der Waals surface area (Å²) in [6.45, 7) is 10.7. The molecule has 3 fully saturated rings. The predicted molar refractivity (Wildman–Crippen MR) is 80.2 cm³/mol. The van der Waals surface area contributed by atoms with Crippen molar-refractivity contribution in [3.8, 4) is 0 Å². The first kappa shape index (κ1) is 13.8. The van der Waals surface area contributed by atoms with Crippen molar-refractivity contribution >= 4 is 0 Å². The van der Waals surface area contributed by atoms with Gasteiger partial charge in [0, 0.05) is 44.3 Å². The van der Waals surface area contributed by atoms with E-state index in [1.54, 1.807) is 0 Å². The molecule has 0 aromatic rings. The highest BCUT2D eigenvalue weighted by atomic mass is 15.3. The van der Waals surface area contributed by atoms with Crippen molar-refractivity contribution in [3.63, 3.8) is 0 Å². The van der Waals surface area contributed by atoms with Gasteiger partial charge in [-0.25, -0.2) is 0 Å². The molecule has 0 bridgehead atoms. The highest BCUT2D eigenvalue weighted by molar-refractivity contribution is 5.06. The Morgan fingerprint density at radius 2 is 1.63 bits per heavy atom. The van der Waals surface area contributed by atoms with Gasteiger partial charge in [-0.15, -0.1) is 0 Å². The lowest BCUT2D eigenvalue weighted by atomic mass is 9.62. The van der Waals surface area contributed by atoms with Gasteiger partial charge < -0.3 is 5.73 Å². The van der Waals surface area contributed by atoms with Crippen LogP contribution in [0.2, 0.25) is 0 Å². The third-order valence-corrected chi connectivity index (χ3v) is 6.22. The van der Waals surface area contributed by atoms with Gasteiger partial charge in [0.1, 0.15) is 0 Å². The molecule has 0 spiro atoms. The molecule has 2 N–H and O–H groups in total. The first-order chi connectivity index (χ1) is 9.09. The summed E-state index contributed by atoms with van der Waals surface area (Å²) in [6, 6.07) is 0.926. The predicted octanol–water partition coefficient (Wildman–Crippen LogP) is 2.06. The van der Waals surface area contributed by atoms with E-state index in [1.807, 2.05) is 0 Å². The van der Waals surface area contributed by atoms with E-state index >= 15 is 0 Å². The Labute approximate surface area is 118 Å². The largest absolute Gasteiger partial charge is 0.329 e. The van der Waals surface area contributed by atoms with Crippen LogP contribution in [0.5, 0.6) is 0 Å². The van der Waals surface area contributed by atoms with E-state index in [0.717, 1.165) is 12.6 Å². The van der Waals surface area contributed by atoms with Gasteiger partial charge in [-0.2, -0.15) is 0 Å². The van der Waals surface area contributed by atoms with Crippen LogP contribution in [0, 0.1) is 5.41 Å². The molecule has 1 aliphatic heterocycles. The summed E-state index contributed by atoms with van der Waals surface area (Å²) >= 11 is 0. The van der Waals surface area contributed by atoms with Gasteiger partial charge in [-0.05, 0) is 31.1 Å².